The predicted octanol–water partition coefficient (Wildman–Crippen LogP) is 1.83. The number of nitrogens with two attached hydrogens (primary N) is 1. The number of aryl methyl sites for hydroxylation is 1. The minimum absolute atomic E-state index is 0.0681. The molecule has 1 aliphatic heterocycles. The average Bonchev–Trinajstić information content (AvgIpc) is 2.77. The Hall–Kier alpha value is -1.81. The van der Waals surface area contributed by atoms with Gasteiger partial charge in [0.2, 0.25) is 0 Å². The van der Waals surface area contributed by atoms with E-state index in [4.69, 9.17) is 10.5 Å². The molecular formula is C13H15N3O. The maximum atomic E-state index is 6.29. The molecule has 2 unspecified atom stereocenters. The topological polar surface area (TPSA) is 53.1 Å². The van der Waals surface area contributed by atoms with Crippen LogP contribution in [-0.2, 0) is 0 Å². The summed E-state index contributed by atoms with van der Waals surface area (Å²) in [7, 11) is 0. The van der Waals surface area contributed by atoms with Crippen molar-refractivity contribution < 1.29 is 4.74 Å². The van der Waals surface area contributed by atoms with E-state index >= 15 is 0 Å². The molecule has 0 bridgehead atoms. The van der Waals surface area contributed by atoms with E-state index in [0.29, 0.717) is 6.61 Å². The summed E-state index contributed by atoms with van der Waals surface area (Å²) in [6, 6.07) is 9.90. The van der Waals surface area contributed by atoms with Gasteiger partial charge in [0.25, 0.3) is 0 Å². The smallest absolute Gasteiger partial charge is 0.124 e. The Labute approximate surface area is 100 Å². The highest BCUT2D eigenvalue weighted by Crippen LogP contribution is 2.35. The Morgan fingerprint density at radius 3 is 2.94 bits per heavy atom. The molecule has 0 fully saturated rings. The van der Waals surface area contributed by atoms with Gasteiger partial charge < -0.3 is 10.5 Å². The van der Waals surface area contributed by atoms with Crippen LogP contribution >= 0.6 is 0 Å². The minimum Gasteiger partial charge on any atom is -0.491 e. The molecule has 17 heavy (non-hydrogen) atoms. The van der Waals surface area contributed by atoms with Crippen molar-refractivity contribution in [3.05, 3.63) is 47.8 Å². The molecule has 0 saturated carbocycles. The minimum atomic E-state index is -0.0701. The lowest BCUT2D eigenvalue weighted by Crippen LogP contribution is -2.33. The first kappa shape index (κ1) is 10.4. The summed E-state index contributed by atoms with van der Waals surface area (Å²) in [5, 5.41) is 4.41. The van der Waals surface area contributed by atoms with Gasteiger partial charge in [0.15, 0.2) is 0 Å². The Balaban J connectivity index is 1.96. The second-order valence-corrected chi connectivity index (χ2v) is 4.38. The molecule has 2 aromatic rings. The summed E-state index contributed by atoms with van der Waals surface area (Å²) in [6.07, 6.45) is 1.96. The molecule has 0 spiro atoms. The molecule has 2 heterocycles. The summed E-state index contributed by atoms with van der Waals surface area (Å²) >= 11 is 0. The molecule has 1 aliphatic rings. The molecule has 1 aromatic carbocycles. The van der Waals surface area contributed by atoms with Crippen molar-refractivity contribution in [1.82, 2.24) is 9.78 Å². The molecule has 0 aliphatic carbocycles. The fraction of sp³-hybridized carbons (Fsp3) is 0.308. The molecule has 1 aromatic heterocycles. The van der Waals surface area contributed by atoms with Crippen LogP contribution in [0.25, 0.3) is 0 Å². The first-order valence-corrected chi connectivity index (χ1v) is 5.75. The van der Waals surface area contributed by atoms with Gasteiger partial charge in [0.05, 0.1) is 11.7 Å². The van der Waals surface area contributed by atoms with Crippen molar-refractivity contribution in [2.24, 2.45) is 5.73 Å². The fourth-order valence-electron chi connectivity index (χ4n) is 2.23. The second kappa shape index (κ2) is 3.89. The van der Waals surface area contributed by atoms with Crippen LogP contribution < -0.4 is 10.5 Å². The lowest BCUT2D eigenvalue weighted by Gasteiger charge is -2.31. The molecule has 0 saturated heterocycles. The maximum Gasteiger partial charge on any atom is 0.124 e. The summed E-state index contributed by atoms with van der Waals surface area (Å²) < 4.78 is 7.63. The van der Waals surface area contributed by atoms with Crippen molar-refractivity contribution in [1.29, 1.82) is 0 Å². The van der Waals surface area contributed by atoms with Crippen molar-refractivity contribution in [3.8, 4) is 5.75 Å². The van der Waals surface area contributed by atoms with Crippen molar-refractivity contribution in [2.45, 2.75) is 19.0 Å². The average molecular weight is 229 g/mol. The third-order valence-corrected chi connectivity index (χ3v) is 3.18. The lowest BCUT2D eigenvalue weighted by atomic mass is 9.97. The molecule has 2 N–H and O–H groups in total. The monoisotopic (exact) mass is 229 g/mol. The molecule has 88 valence electrons. The number of aromatic nitrogens is 2. The number of hydrogen-bond donors (Lipinski definition) is 1. The third-order valence-electron chi connectivity index (χ3n) is 3.18. The van der Waals surface area contributed by atoms with E-state index in [0.717, 1.165) is 17.0 Å². The van der Waals surface area contributed by atoms with Crippen LogP contribution in [0.1, 0.15) is 23.3 Å². The predicted molar refractivity (Wildman–Crippen MR) is 64.9 cm³/mol. The van der Waals surface area contributed by atoms with Crippen LogP contribution in [0.2, 0.25) is 0 Å². The standard InChI is InChI=1S/C13H15N3O/c1-9-6-7-16(15-9)11-8-17-12-5-3-2-4-10(12)13(11)14/h2-7,11,13H,8,14H2,1H3. The highest BCUT2D eigenvalue weighted by Gasteiger charge is 2.29. The number of fused-ring (bicyclic) bond motifs is 1. The van der Waals surface area contributed by atoms with Crippen LogP contribution in [-0.4, -0.2) is 16.4 Å². The van der Waals surface area contributed by atoms with E-state index < -0.39 is 0 Å². The van der Waals surface area contributed by atoms with Crippen molar-refractivity contribution in [3.63, 3.8) is 0 Å². The first-order chi connectivity index (χ1) is 8.25. The number of hydrogen-bond acceptors (Lipinski definition) is 3. The van der Waals surface area contributed by atoms with E-state index in [9.17, 15) is 0 Å². The Morgan fingerprint density at radius 1 is 1.35 bits per heavy atom. The largest absolute Gasteiger partial charge is 0.491 e. The van der Waals surface area contributed by atoms with Gasteiger partial charge in [-0.25, -0.2) is 0 Å². The maximum absolute atomic E-state index is 6.29. The van der Waals surface area contributed by atoms with E-state index in [1.807, 2.05) is 48.1 Å². The Morgan fingerprint density at radius 2 is 2.18 bits per heavy atom. The Bertz CT molecular complexity index is 535. The van der Waals surface area contributed by atoms with E-state index in [1.54, 1.807) is 0 Å². The molecule has 0 amide bonds. The van der Waals surface area contributed by atoms with E-state index in [1.165, 1.54) is 0 Å². The van der Waals surface area contributed by atoms with Crippen LogP contribution in [0.15, 0.2) is 36.5 Å². The van der Waals surface area contributed by atoms with Gasteiger partial charge in [-0.1, -0.05) is 18.2 Å². The number of rotatable bonds is 1. The Kier molecular flexibility index (Phi) is 2.37. The van der Waals surface area contributed by atoms with Crippen LogP contribution in [0.4, 0.5) is 0 Å². The van der Waals surface area contributed by atoms with Gasteiger partial charge in [0.1, 0.15) is 18.4 Å². The fourth-order valence-corrected chi connectivity index (χ4v) is 2.23. The van der Waals surface area contributed by atoms with E-state index in [2.05, 4.69) is 5.10 Å². The zero-order valence-electron chi connectivity index (χ0n) is 9.71. The molecule has 2 atom stereocenters. The normalized spacial score (nSPS) is 22.9. The zero-order chi connectivity index (χ0) is 11.8. The third kappa shape index (κ3) is 1.70. The quantitative estimate of drug-likeness (QED) is 0.811. The van der Waals surface area contributed by atoms with E-state index in [-0.39, 0.29) is 12.1 Å². The van der Waals surface area contributed by atoms with Crippen molar-refractivity contribution in [2.75, 3.05) is 6.61 Å². The number of para-hydroxylation sites is 1. The lowest BCUT2D eigenvalue weighted by molar-refractivity contribution is 0.187. The molecule has 3 rings (SSSR count). The number of ether oxygens (including phenoxy) is 1. The first-order valence-electron chi connectivity index (χ1n) is 5.75. The van der Waals surface area contributed by atoms with Crippen LogP contribution in [0.3, 0.4) is 0 Å². The summed E-state index contributed by atoms with van der Waals surface area (Å²) in [5.74, 6) is 0.889. The van der Waals surface area contributed by atoms with Gasteiger partial charge in [0, 0.05) is 11.8 Å². The molecule has 4 nitrogen and oxygen atoms in total. The summed E-state index contributed by atoms with van der Waals surface area (Å²) in [6.45, 7) is 2.54. The molecular weight excluding hydrogens is 214 g/mol. The zero-order valence-corrected chi connectivity index (χ0v) is 9.71. The van der Waals surface area contributed by atoms with Gasteiger partial charge in [-0.15, -0.1) is 0 Å². The van der Waals surface area contributed by atoms with Gasteiger partial charge in [-0.3, -0.25) is 4.68 Å². The molecule has 4 heteroatoms. The summed E-state index contributed by atoms with van der Waals surface area (Å²) in [5.41, 5.74) is 8.34. The van der Waals surface area contributed by atoms with Crippen LogP contribution in [0, 0.1) is 6.92 Å². The van der Waals surface area contributed by atoms with Gasteiger partial charge in [-0.05, 0) is 19.1 Å². The summed E-state index contributed by atoms with van der Waals surface area (Å²) in [4.78, 5) is 0. The van der Waals surface area contributed by atoms with Crippen LogP contribution in [0.5, 0.6) is 5.75 Å². The number of benzene rings is 1. The molecule has 0 radical (unpaired) electrons. The SMILES string of the molecule is Cc1ccn(C2COc3ccccc3C2N)n1. The van der Waals surface area contributed by atoms with Gasteiger partial charge >= 0.3 is 0 Å². The van der Waals surface area contributed by atoms with Gasteiger partial charge in [-0.2, -0.15) is 5.10 Å². The highest BCUT2D eigenvalue weighted by molar-refractivity contribution is 5.38. The van der Waals surface area contributed by atoms with Crippen molar-refractivity contribution >= 4 is 0 Å². The highest BCUT2D eigenvalue weighted by atomic mass is 16.5. The number of nitrogens with zero attached hydrogens (tertiary/aromatic N) is 2. The second-order valence-electron chi connectivity index (χ2n) is 4.38.